The van der Waals surface area contributed by atoms with E-state index in [0.29, 0.717) is 5.02 Å². The van der Waals surface area contributed by atoms with E-state index in [4.69, 9.17) is 11.6 Å². The standard InChI is InChI=1S/C13H18ClNO2S/c14-13-5-3-11(4-6-13)9-18(16,17)10-12-2-1-7-15-8-12/h3-6,12,15H,1-2,7-10H2. The lowest BCUT2D eigenvalue weighted by Gasteiger charge is -2.22. The Morgan fingerprint density at radius 3 is 2.61 bits per heavy atom. The van der Waals surface area contributed by atoms with E-state index in [0.717, 1.165) is 31.5 Å². The molecular weight excluding hydrogens is 270 g/mol. The van der Waals surface area contributed by atoms with Crippen molar-refractivity contribution in [2.24, 2.45) is 5.92 Å². The summed E-state index contributed by atoms with van der Waals surface area (Å²) < 4.78 is 24.2. The fourth-order valence-corrected chi connectivity index (χ4v) is 4.27. The minimum absolute atomic E-state index is 0.112. The van der Waals surface area contributed by atoms with Gasteiger partial charge < -0.3 is 5.32 Å². The van der Waals surface area contributed by atoms with Crippen molar-refractivity contribution >= 4 is 21.4 Å². The van der Waals surface area contributed by atoms with Gasteiger partial charge in [-0.1, -0.05) is 23.7 Å². The summed E-state index contributed by atoms with van der Waals surface area (Å²) in [6.45, 7) is 1.83. The first-order valence-corrected chi connectivity index (χ1v) is 8.41. The zero-order chi connectivity index (χ0) is 13.0. The van der Waals surface area contributed by atoms with Crippen LogP contribution in [0.5, 0.6) is 0 Å². The Kier molecular flexibility index (Phi) is 4.65. The lowest BCUT2D eigenvalue weighted by Crippen LogP contribution is -2.34. The Labute approximate surface area is 113 Å². The monoisotopic (exact) mass is 287 g/mol. The molecule has 1 heterocycles. The van der Waals surface area contributed by atoms with Gasteiger partial charge in [-0.25, -0.2) is 8.42 Å². The predicted molar refractivity (Wildman–Crippen MR) is 74.5 cm³/mol. The maximum atomic E-state index is 12.1. The third-order valence-corrected chi connectivity index (χ3v) is 5.19. The van der Waals surface area contributed by atoms with Gasteiger partial charge in [-0.3, -0.25) is 0 Å². The maximum Gasteiger partial charge on any atom is 0.154 e. The molecule has 18 heavy (non-hydrogen) atoms. The number of hydrogen-bond donors (Lipinski definition) is 1. The van der Waals surface area contributed by atoms with Gasteiger partial charge in [0.25, 0.3) is 0 Å². The topological polar surface area (TPSA) is 46.2 Å². The molecule has 100 valence electrons. The highest BCUT2D eigenvalue weighted by Crippen LogP contribution is 2.17. The number of nitrogens with one attached hydrogen (secondary N) is 1. The minimum atomic E-state index is -3.03. The molecule has 1 aliphatic heterocycles. The normalized spacial score (nSPS) is 20.8. The summed E-state index contributed by atoms with van der Waals surface area (Å²) in [6.07, 6.45) is 2.08. The van der Waals surface area contributed by atoms with E-state index in [1.54, 1.807) is 24.3 Å². The van der Waals surface area contributed by atoms with Gasteiger partial charge in [0.05, 0.1) is 11.5 Å². The molecule has 0 saturated carbocycles. The molecule has 0 bridgehead atoms. The number of hydrogen-bond acceptors (Lipinski definition) is 3. The molecule has 1 aliphatic rings. The molecule has 1 fully saturated rings. The van der Waals surface area contributed by atoms with Crippen molar-refractivity contribution in [1.82, 2.24) is 5.32 Å². The second-order valence-electron chi connectivity index (χ2n) is 4.89. The molecule has 0 radical (unpaired) electrons. The molecular formula is C13H18ClNO2S. The third-order valence-electron chi connectivity index (χ3n) is 3.19. The minimum Gasteiger partial charge on any atom is -0.316 e. The van der Waals surface area contributed by atoms with Gasteiger partial charge in [-0.15, -0.1) is 0 Å². The fraction of sp³-hybridized carbons (Fsp3) is 0.538. The Balaban J connectivity index is 1.96. The van der Waals surface area contributed by atoms with Gasteiger partial charge in [0.15, 0.2) is 9.84 Å². The van der Waals surface area contributed by atoms with Crippen LogP contribution in [0.2, 0.25) is 5.02 Å². The van der Waals surface area contributed by atoms with Crippen LogP contribution in [-0.2, 0) is 15.6 Å². The number of rotatable bonds is 4. The first-order valence-electron chi connectivity index (χ1n) is 6.21. The van der Waals surface area contributed by atoms with Crippen molar-refractivity contribution in [1.29, 1.82) is 0 Å². The highest BCUT2D eigenvalue weighted by Gasteiger charge is 2.21. The quantitative estimate of drug-likeness (QED) is 0.924. The van der Waals surface area contributed by atoms with E-state index >= 15 is 0 Å². The summed E-state index contributed by atoms with van der Waals surface area (Å²) in [7, 11) is -3.03. The van der Waals surface area contributed by atoms with Crippen LogP contribution in [0.25, 0.3) is 0 Å². The Bertz CT molecular complexity index is 478. The number of sulfone groups is 1. The summed E-state index contributed by atoms with van der Waals surface area (Å²) in [5.74, 6) is 0.652. The van der Waals surface area contributed by atoms with Gasteiger partial charge in [0, 0.05) is 5.02 Å². The number of benzene rings is 1. The van der Waals surface area contributed by atoms with Crippen LogP contribution in [0.15, 0.2) is 24.3 Å². The number of halogens is 1. The van der Waals surface area contributed by atoms with Crippen LogP contribution < -0.4 is 5.32 Å². The largest absolute Gasteiger partial charge is 0.316 e. The van der Waals surface area contributed by atoms with E-state index in [1.807, 2.05) is 0 Å². The average molecular weight is 288 g/mol. The van der Waals surface area contributed by atoms with Gasteiger partial charge in [0.1, 0.15) is 0 Å². The first kappa shape index (κ1) is 13.8. The SMILES string of the molecule is O=S(=O)(Cc1ccc(Cl)cc1)CC1CCCNC1. The van der Waals surface area contributed by atoms with Crippen LogP contribution in [0.1, 0.15) is 18.4 Å². The number of piperidine rings is 1. The molecule has 0 spiro atoms. The van der Waals surface area contributed by atoms with Crippen LogP contribution in [0, 0.1) is 5.92 Å². The van der Waals surface area contributed by atoms with Crippen LogP contribution >= 0.6 is 11.6 Å². The van der Waals surface area contributed by atoms with Gasteiger partial charge in [-0.05, 0) is 49.5 Å². The zero-order valence-electron chi connectivity index (χ0n) is 10.2. The zero-order valence-corrected chi connectivity index (χ0v) is 11.8. The summed E-state index contributed by atoms with van der Waals surface area (Å²) >= 11 is 5.78. The molecule has 1 aromatic rings. The van der Waals surface area contributed by atoms with E-state index in [-0.39, 0.29) is 17.4 Å². The van der Waals surface area contributed by atoms with Crippen LogP contribution in [0.4, 0.5) is 0 Å². The average Bonchev–Trinajstić information content (AvgIpc) is 2.32. The predicted octanol–water partition coefficient (Wildman–Crippen LogP) is 2.25. The van der Waals surface area contributed by atoms with Crippen LogP contribution in [0.3, 0.4) is 0 Å². The van der Waals surface area contributed by atoms with Crippen molar-refractivity contribution in [2.45, 2.75) is 18.6 Å². The van der Waals surface area contributed by atoms with Crippen molar-refractivity contribution in [3.05, 3.63) is 34.9 Å². The van der Waals surface area contributed by atoms with Crippen molar-refractivity contribution in [2.75, 3.05) is 18.8 Å². The molecule has 0 aliphatic carbocycles. The summed E-state index contributed by atoms with van der Waals surface area (Å²) in [6, 6.07) is 7.02. The van der Waals surface area contributed by atoms with Gasteiger partial charge >= 0.3 is 0 Å². The molecule has 1 saturated heterocycles. The summed E-state index contributed by atoms with van der Waals surface area (Å²) in [4.78, 5) is 0. The summed E-state index contributed by atoms with van der Waals surface area (Å²) in [5.41, 5.74) is 0.808. The smallest absolute Gasteiger partial charge is 0.154 e. The highest BCUT2D eigenvalue weighted by molar-refractivity contribution is 7.90. The Morgan fingerprint density at radius 1 is 1.28 bits per heavy atom. The second-order valence-corrected chi connectivity index (χ2v) is 7.44. The van der Waals surface area contributed by atoms with Gasteiger partial charge in [0.2, 0.25) is 0 Å². The van der Waals surface area contributed by atoms with E-state index in [1.165, 1.54) is 0 Å². The van der Waals surface area contributed by atoms with E-state index in [9.17, 15) is 8.42 Å². The second kappa shape index (κ2) is 6.04. The van der Waals surface area contributed by atoms with Crippen molar-refractivity contribution in [3.63, 3.8) is 0 Å². The lowest BCUT2D eigenvalue weighted by molar-refractivity contribution is 0.404. The molecule has 1 unspecified atom stereocenters. The third kappa shape index (κ3) is 4.26. The van der Waals surface area contributed by atoms with E-state index < -0.39 is 9.84 Å². The van der Waals surface area contributed by atoms with Crippen molar-refractivity contribution in [3.8, 4) is 0 Å². The maximum absolute atomic E-state index is 12.1. The molecule has 1 atom stereocenters. The molecule has 5 heteroatoms. The van der Waals surface area contributed by atoms with Crippen LogP contribution in [-0.4, -0.2) is 27.3 Å². The van der Waals surface area contributed by atoms with Gasteiger partial charge in [-0.2, -0.15) is 0 Å². The molecule has 1 N–H and O–H groups in total. The fourth-order valence-electron chi connectivity index (χ4n) is 2.32. The summed E-state index contributed by atoms with van der Waals surface area (Å²) in [5, 5.41) is 3.88. The Morgan fingerprint density at radius 2 is 2.00 bits per heavy atom. The molecule has 0 amide bonds. The Hall–Kier alpha value is -0.580. The van der Waals surface area contributed by atoms with Crippen molar-refractivity contribution < 1.29 is 8.42 Å². The molecule has 2 rings (SSSR count). The van der Waals surface area contributed by atoms with E-state index in [2.05, 4.69) is 5.32 Å². The molecule has 0 aromatic heterocycles. The highest BCUT2D eigenvalue weighted by atomic mass is 35.5. The first-order chi connectivity index (χ1) is 8.55. The lowest BCUT2D eigenvalue weighted by atomic mass is 10.0. The molecule has 1 aromatic carbocycles. The molecule has 3 nitrogen and oxygen atoms in total.